The molecule has 0 saturated carbocycles. The Hall–Kier alpha value is -3.46. The molecule has 5 rings (SSSR count). The molecule has 45 heavy (non-hydrogen) atoms. The number of benzene rings is 2. The third-order valence-electron chi connectivity index (χ3n) is 9.88. The third-order valence-corrected chi connectivity index (χ3v) is 9.88. The molecule has 2 fully saturated rings. The van der Waals surface area contributed by atoms with E-state index in [1.165, 1.54) is 5.56 Å². The lowest BCUT2D eigenvalue weighted by molar-refractivity contribution is 0.0388. The van der Waals surface area contributed by atoms with Gasteiger partial charge >= 0.3 is 0 Å². The molecule has 1 aromatic heterocycles. The van der Waals surface area contributed by atoms with Crippen LogP contribution in [0.5, 0.6) is 0 Å². The van der Waals surface area contributed by atoms with Crippen molar-refractivity contribution in [3.8, 4) is 11.1 Å². The highest BCUT2D eigenvalue weighted by atomic mass is 16.5. The number of aromatic amines is 1. The summed E-state index contributed by atoms with van der Waals surface area (Å²) < 4.78 is 5.54. The van der Waals surface area contributed by atoms with Crippen molar-refractivity contribution in [1.29, 1.82) is 0 Å². The first-order valence-corrected chi connectivity index (χ1v) is 16.6. The van der Waals surface area contributed by atoms with E-state index in [1.54, 1.807) is 0 Å². The van der Waals surface area contributed by atoms with Crippen LogP contribution in [-0.4, -0.2) is 79.7 Å². The molecule has 3 heterocycles. The Kier molecular flexibility index (Phi) is 10.8. The highest BCUT2D eigenvalue weighted by Crippen LogP contribution is 2.34. The number of hydrogen-bond donors (Lipinski definition) is 2. The molecule has 0 aliphatic carbocycles. The lowest BCUT2D eigenvalue weighted by Crippen LogP contribution is -2.44. The number of rotatable bonds is 10. The van der Waals surface area contributed by atoms with Crippen molar-refractivity contribution in [3.05, 3.63) is 86.3 Å². The van der Waals surface area contributed by atoms with Gasteiger partial charge in [-0.2, -0.15) is 0 Å². The van der Waals surface area contributed by atoms with Crippen LogP contribution in [0, 0.1) is 20.8 Å². The van der Waals surface area contributed by atoms with Gasteiger partial charge in [-0.3, -0.25) is 14.5 Å². The van der Waals surface area contributed by atoms with E-state index in [4.69, 9.17) is 4.74 Å². The molecular weight excluding hydrogens is 562 g/mol. The van der Waals surface area contributed by atoms with E-state index in [-0.39, 0.29) is 18.0 Å². The highest BCUT2D eigenvalue weighted by Gasteiger charge is 2.26. The second-order valence-corrected chi connectivity index (χ2v) is 13.0. The number of carbonyl (C=O) groups excluding carboxylic acids is 1. The van der Waals surface area contributed by atoms with Crippen molar-refractivity contribution in [2.75, 3.05) is 51.8 Å². The van der Waals surface area contributed by atoms with Crippen LogP contribution in [-0.2, 0) is 17.8 Å². The molecule has 2 aliphatic heterocycles. The molecule has 3 aromatic rings. The summed E-state index contributed by atoms with van der Waals surface area (Å²) >= 11 is 0. The molecular formula is C37H51N5O3. The van der Waals surface area contributed by atoms with Gasteiger partial charge in [0.25, 0.3) is 11.5 Å². The van der Waals surface area contributed by atoms with Crippen LogP contribution < -0.4 is 15.8 Å². The van der Waals surface area contributed by atoms with Crippen LogP contribution in [0.3, 0.4) is 0 Å². The van der Waals surface area contributed by atoms with Crippen LogP contribution >= 0.6 is 0 Å². The van der Waals surface area contributed by atoms with Crippen molar-refractivity contribution in [1.82, 2.24) is 20.1 Å². The predicted octanol–water partition coefficient (Wildman–Crippen LogP) is 5.43. The number of pyridine rings is 1. The van der Waals surface area contributed by atoms with Gasteiger partial charge in [-0.15, -0.1) is 0 Å². The number of H-pyrrole nitrogens is 1. The zero-order chi connectivity index (χ0) is 32.1. The van der Waals surface area contributed by atoms with E-state index in [9.17, 15) is 9.59 Å². The third kappa shape index (κ3) is 7.86. The maximum atomic E-state index is 13.9. The Morgan fingerprint density at radius 2 is 1.67 bits per heavy atom. The van der Waals surface area contributed by atoms with E-state index in [2.05, 4.69) is 76.2 Å². The number of hydrogen-bond acceptors (Lipinski definition) is 6. The summed E-state index contributed by atoms with van der Waals surface area (Å²) in [5.74, 6) is -0.162. The van der Waals surface area contributed by atoms with Crippen molar-refractivity contribution in [2.24, 2.45) is 0 Å². The van der Waals surface area contributed by atoms with Crippen LogP contribution in [0.4, 0.5) is 5.69 Å². The number of nitrogens with one attached hydrogen (secondary N) is 2. The van der Waals surface area contributed by atoms with Gasteiger partial charge in [-0.05, 0) is 120 Å². The number of aromatic nitrogens is 1. The number of aryl methyl sites for hydroxylation is 2. The average Bonchev–Trinajstić information content (AvgIpc) is 3.03. The maximum Gasteiger partial charge on any atom is 0.253 e. The zero-order valence-corrected chi connectivity index (χ0v) is 28.0. The van der Waals surface area contributed by atoms with E-state index < -0.39 is 0 Å². The molecule has 8 nitrogen and oxygen atoms in total. The van der Waals surface area contributed by atoms with Gasteiger partial charge in [0.15, 0.2) is 0 Å². The summed E-state index contributed by atoms with van der Waals surface area (Å²) in [6.45, 7) is 14.3. The first-order chi connectivity index (χ1) is 21.7. The Labute approximate surface area is 268 Å². The van der Waals surface area contributed by atoms with Crippen molar-refractivity contribution < 1.29 is 9.53 Å². The summed E-state index contributed by atoms with van der Waals surface area (Å²) in [5.41, 5.74) is 8.29. The zero-order valence-electron chi connectivity index (χ0n) is 28.0. The van der Waals surface area contributed by atoms with Gasteiger partial charge in [-0.25, -0.2) is 0 Å². The van der Waals surface area contributed by atoms with E-state index in [1.807, 2.05) is 33.1 Å². The normalized spacial score (nSPS) is 17.0. The van der Waals surface area contributed by atoms with Gasteiger partial charge in [0, 0.05) is 68.4 Å². The van der Waals surface area contributed by atoms with Crippen molar-refractivity contribution >= 4 is 11.6 Å². The van der Waals surface area contributed by atoms with Crippen LogP contribution in [0.1, 0.15) is 70.9 Å². The summed E-state index contributed by atoms with van der Waals surface area (Å²) in [4.78, 5) is 36.8. The largest absolute Gasteiger partial charge is 0.381 e. The summed E-state index contributed by atoms with van der Waals surface area (Å²) in [7, 11) is 4.00. The minimum atomic E-state index is -0.162. The van der Waals surface area contributed by atoms with Crippen LogP contribution in [0.15, 0.2) is 47.3 Å². The minimum Gasteiger partial charge on any atom is -0.381 e. The number of piperidine rings is 2. The lowest BCUT2D eigenvalue weighted by atomic mass is 9.94. The number of likely N-dealkylation sites (tertiary alicyclic amines) is 2. The summed E-state index contributed by atoms with van der Waals surface area (Å²) in [6, 6.07) is 15.5. The summed E-state index contributed by atoms with van der Waals surface area (Å²) in [6.07, 6.45) is 4.73. The van der Waals surface area contributed by atoms with E-state index in [0.29, 0.717) is 23.3 Å². The number of anilines is 1. The molecule has 0 unspecified atom stereocenters. The predicted molar refractivity (Wildman–Crippen MR) is 183 cm³/mol. The van der Waals surface area contributed by atoms with Gasteiger partial charge in [0.2, 0.25) is 0 Å². The highest BCUT2D eigenvalue weighted by molar-refractivity contribution is 5.99. The first kappa shape index (κ1) is 32.9. The van der Waals surface area contributed by atoms with E-state index >= 15 is 0 Å². The van der Waals surface area contributed by atoms with Crippen LogP contribution in [0.25, 0.3) is 11.1 Å². The molecule has 1 amide bonds. The second kappa shape index (κ2) is 14.8. The molecule has 2 N–H and O–H groups in total. The molecule has 2 aliphatic rings. The van der Waals surface area contributed by atoms with Gasteiger partial charge in [0.1, 0.15) is 0 Å². The number of ether oxygens (including phenoxy) is 1. The fraction of sp³-hybridized carbons (Fsp3) is 0.514. The Balaban J connectivity index is 1.44. The Morgan fingerprint density at radius 1 is 0.978 bits per heavy atom. The molecule has 242 valence electrons. The van der Waals surface area contributed by atoms with Gasteiger partial charge in [-0.1, -0.05) is 24.3 Å². The first-order valence-electron chi connectivity index (χ1n) is 16.6. The number of amides is 1. The molecule has 0 radical (unpaired) electrons. The molecule has 8 heteroatoms. The molecule has 0 atom stereocenters. The monoisotopic (exact) mass is 613 g/mol. The molecule has 2 saturated heterocycles. The lowest BCUT2D eigenvalue weighted by Gasteiger charge is -2.39. The smallest absolute Gasteiger partial charge is 0.253 e. The van der Waals surface area contributed by atoms with Crippen molar-refractivity contribution in [3.63, 3.8) is 0 Å². The number of nitrogens with zero attached hydrogens (tertiary/aromatic N) is 3. The fourth-order valence-electron chi connectivity index (χ4n) is 7.06. The average molecular weight is 614 g/mol. The Bertz CT molecular complexity index is 1520. The second-order valence-electron chi connectivity index (χ2n) is 13.0. The van der Waals surface area contributed by atoms with Crippen molar-refractivity contribution in [2.45, 2.75) is 78.6 Å². The van der Waals surface area contributed by atoms with E-state index in [0.717, 1.165) is 98.6 Å². The van der Waals surface area contributed by atoms with Gasteiger partial charge in [0.05, 0.1) is 6.10 Å². The van der Waals surface area contributed by atoms with Gasteiger partial charge < -0.3 is 24.8 Å². The number of carbonyl (C=O) groups is 1. The minimum absolute atomic E-state index is 0.151. The fourth-order valence-corrected chi connectivity index (χ4v) is 7.06. The molecule has 0 bridgehead atoms. The maximum absolute atomic E-state index is 13.9. The topological polar surface area (TPSA) is 80.9 Å². The SMILES string of the molecule is CCN(c1cc(-c2ccc(CN3CCC(OC)CC3)cc2)cc(C(=O)NCc2c(C)cc(C)[nH]c2=O)c1C)C1CCN(C)CC1. The number of methoxy groups -OCH3 is 1. The Morgan fingerprint density at radius 3 is 2.29 bits per heavy atom. The quantitative estimate of drug-likeness (QED) is 0.318. The van der Waals surface area contributed by atoms with Crippen LogP contribution in [0.2, 0.25) is 0 Å². The summed E-state index contributed by atoms with van der Waals surface area (Å²) in [5, 5.41) is 3.07. The standard InChI is InChI=1S/C37H51N5O3/c1-7-42(31-12-16-40(5)17-13-31)35-22-30(29-10-8-28(9-11-29)24-41-18-14-32(45-6)15-19-41)21-33(27(35)4)36(43)38-23-34-25(2)20-26(3)39-37(34)44/h8-11,20-22,31-32H,7,12-19,23-24H2,1-6H3,(H,38,43)(H,39,44). The molecule has 0 spiro atoms. The molecule has 2 aromatic carbocycles.